The van der Waals surface area contributed by atoms with Crippen LogP contribution in [0.5, 0.6) is 5.75 Å². The number of amides is 1. The highest BCUT2D eigenvalue weighted by Crippen LogP contribution is 2.33. The van der Waals surface area contributed by atoms with Gasteiger partial charge in [0.25, 0.3) is 0 Å². The van der Waals surface area contributed by atoms with Crippen molar-refractivity contribution in [3.63, 3.8) is 0 Å². The van der Waals surface area contributed by atoms with Crippen molar-refractivity contribution in [2.75, 3.05) is 13.1 Å². The summed E-state index contributed by atoms with van der Waals surface area (Å²) in [5.74, 6) is 0.866. The largest absolute Gasteiger partial charge is 0.488 e. The Morgan fingerprint density at radius 3 is 2.85 bits per heavy atom. The van der Waals surface area contributed by atoms with E-state index in [0.29, 0.717) is 12.9 Å². The lowest BCUT2D eigenvalue weighted by Gasteiger charge is -2.34. The summed E-state index contributed by atoms with van der Waals surface area (Å²) in [6.07, 6.45) is 4.00. The molecule has 2 atom stereocenters. The van der Waals surface area contributed by atoms with Gasteiger partial charge in [-0.3, -0.25) is 0 Å². The SMILES string of the molecule is Cc1cc2cnn(PI)c2cc1OC1CCCN(C(=O)OC(C)(C)C)C1. The van der Waals surface area contributed by atoms with Crippen LogP contribution < -0.4 is 4.74 Å². The predicted molar refractivity (Wildman–Crippen MR) is 114 cm³/mol. The van der Waals surface area contributed by atoms with Gasteiger partial charge in [0.1, 0.15) is 17.5 Å². The van der Waals surface area contributed by atoms with E-state index in [9.17, 15) is 4.79 Å². The van der Waals surface area contributed by atoms with E-state index in [4.69, 9.17) is 9.47 Å². The minimum atomic E-state index is -0.481. The number of likely N-dealkylation sites (tertiary alicyclic amines) is 1. The first-order chi connectivity index (χ1) is 12.3. The number of rotatable bonds is 3. The zero-order valence-corrected chi connectivity index (χ0v) is 18.7. The summed E-state index contributed by atoms with van der Waals surface area (Å²) in [5.41, 5.74) is 1.69. The van der Waals surface area contributed by atoms with Crippen molar-refractivity contribution in [1.29, 1.82) is 0 Å². The minimum Gasteiger partial charge on any atom is -0.488 e. The summed E-state index contributed by atoms with van der Waals surface area (Å²) in [7, 11) is 0. The summed E-state index contributed by atoms with van der Waals surface area (Å²) < 4.78 is 13.8. The number of benzene rings is 1. The Bertz CT molecular complexity index is 803. The van der Waals surface area contributed by atoms with Crippen molar-refractivity contribution < 1.29 is 14.3 Å². The molecule has 1 aliphatic heterocycles. The van der Waals surface area contributed by atoms with E-state index in [2.05, 4.69) is 39.3 Å². The highest BCUT2D eigenvalue weighted by Gasteiger charge is 2.28. The standard InChI is InChI=1S/C18H25IN3O3P/c1-12-8-13-10-20-22(26-19)15(13)9-16(12)24-14-6-5-7-21(11-14)17(23)25-18(2,3)4/h8-10,14,26H,5-7,11H2,1-4H3. The fourth-order valence-electron chi connectivity index (χ4n) is 3.07. The van der Waals surface area contributed by atoms with Gasteiger partial charge in [-0.1, -0.05) is 0 Å². The van der Waals surface area contributed by atoms with Gasteiger partial charge in [-0.2, -0.15) is 5.10 Å². The number of piperidine rings is 1. The molecule has 26 heavy (non-hydrogen) atoms. The molecule has 0 aliphatic carbocycles. The van der Waals surface area contributed by atoms with E-state index in [0.717, 1.165) is 41.6 Å². The molecule has 8 heteroatoms. The summed E-state index contributed by atoms with van der Waals surface area (Å²) in [5, 5.41) is 5.53. The molecule has 1 saturated heterocycles. The lowest BCUT2D eigenvalue weighted by Crippen LogP contribution is -2.46. The zero-order chi connectivity index (χ0) is 18.9. The third kappa shape index (κ3) is 4.60. The fraction of sp³-hybridized carbons (Fsp3) is 0.556. The van der Waals surface area contributed by atoms with Gasteiger partial charge < -0.3 is 14.4 Å². The number of hydrogen-bond donors (Lipinski definition) is 0. The molecule has 1 aromatic heterocycles. The molecule has 0 radical (unpaired) electrons. The Morgan fingerprint density at radius 2 is 2.15 bits per heavy atom. The van der Waals surface area contributed by atoms with Crippen LogP contribution in [0.2, 0.25) is 0 Å². The van der Waals surface area contributed by atoms with Gasteiger partial charge in [0.05, 0.1) is 24.6 Å². The van der Waals surface area contributed by atoms with Crippen LogP contribution >= 0.6 is 28.4 Å². The van der Waals surface area contributed by atoms with Crippen LogP contribution in [-0.4, -0.2) is 45.3 Å². The molecule has 0 N–H and O–H groups in total. The van der Waals surface area contributed by atoms with Gasteiger partial charge in [0.15, 0.2) is 0 Å². The smallest absolute Gasteiger partial charge is 0.410 e. The lowest BCUT2D eigenvalue weighted by molar-refractivity contribution is 0.00771. The Morgan fingerprint density at radius 1 is 1.38 bits per heavy atom. The van der Waals surface area contributed by atoms with Crippen molar-refractivity contribution in [1.82, 2.24) is 14.5 Å². The average Bonchev–Trinajstić information content (AvgIpc) is 2.95. The molecule has 2 unspecified atom stereocenters. The summed E-state index contributed by atoms with van der Waals surface area (Å²) in [4.78, 5) is 14.1. The van der Waals surface area contributed by atoms with Gasteiger partial charge in [0.2, 0.25) is 0 Å². The molecule has 0 spiro atoms. The number of carbonyl (C=O) groups excluding carboxylic acids is 1. The van der Waals surface area contributed by atoms with Gasteiger partial charge in [0, 0.05) is 18.0 Å². The molecule has 2 heterocycles. The van der Waals surface area contributed by atoms with Crippen molar-refractivity contribution >= 4 is 45.4 Å². The van der Waals surface area contributed by atoms with E-state index >= 15 is 0 Å². The zero-order valence-electron chi connectivity index (χ0n) is 15.6. The first-order valence-electron chi connectivity index (χ1n) is 8.76. The molecule has 1 fully saturated rings. The Kier molecular flexibility index (Phi) is 5.97. The van der Waals surface area contributed by atoms with E-state index < -0.39 is 5.60 Å². The Balaban J connectivity index is 1.73. The molecule has 142 valence electrons. The predicted octanol–water partition coefficient (Wildman–Crippen LogP) is 4.91. The number of fused-ring (bicyclic) bond motifs is 1. The lowest BCUT2D eigenvalue weighted by atomic mass is 10.1. The quantitative estimate of drug-likeness (QED) is 0.454. The molecular weight excluding hydrogens is 464 g/mol. The normalized spacial score (nSPS) is 18.7. The summed E-state index contributed by atoms with van der Waals surface area (Å²) in [6.45, 7) is 8.98. The maximum Gasteiger partial charge on any atom is 0.410 e. The Hall–Kier alpha value is -1.08. The first kappa shape index (κ1) is 19.7. The van der Waals surface area contributed by atoms with Crippen molar-refractivity contribution in [3.8, 4) is 5.75 Å². The number of aryl methyl sites for hydroxylation is 1. The number of hydrogen-bond acceptors (Lipinski definition) is 4. The molecule has 2 aromatic rings. The van der Waals surface area contributed by atoms with Crippen LogP contribution in [0.15, 0.2) is 18.3 Å². The van der Waals surface area contributed by atoms with Crippen molar-refractivity contribution in [3.05, 3.63) is 23.9 Å². The number of aromatic nitrogens is 2. The number of nitrogens with zero attached hydrogens (tertiary/aromatic N) is 3. The summed E-state index contributed by atoms with van der Waals surface area (Å²) in [6, 6.07) is 4.18. The third-order valence-electron chi connectivity index (χ3n) is 4.27. The third-order valence-corrected chi connectivity index (χ3v) is 6.16. The number of carbonyl (C=O) groups is 1. The number of halogens is 1. The fourth-order valence-corrected chi connectivity index (χ4v) is 4.61. The topological polar surface area (TPSA) is 56.6 Å². The van der Waals surface area contributed by atoms with Gasteiger partial charge in [-0.15, -0.1) is 0 Å². The molecular formula is C18H25IN3O3P. The second kappa shape index (κ2) is 7.89. The molecule has 0 bridgehead atoms. The van der Waals surface area contributed by atoms with Crippen molar-refractivity contribution in [2.45, 2.75) is 52.2 Å². The van der Waals surface area contributed by atoms with E-state index in [-0.39, 0.29) is 12.2 Å². The molecule has 3 rings (SSSR count). The maximum atomic E-state index is 12.3. The monoisotopic (exact) mass is 489 g/mol. The second-order valence-corrected chi connectivity index (χ2v) is 9.67. The molecule has 1 amide bonds. The molecule has 1 aliphatic rings. The molecule has 6 nitrogen and oxygen atoms in total. The van der Waals surface area contributed by atoms with Crippen LogP contribution in [0.3, 0.4) is 0 Å². The maximum absolute atomic E-state index is 12.3. The van der Waals surface area contributed by atoms with Crippen LogP contribution in [-0.2, 0) is 4.74 Å². The van der Waals surface area contributed by atoms with Crippen molar-refractivity contribution in [2.24, 2.45) is 0 Å². The summed E-state index contributed by atoms with van der Waals surface area (Å²) >= 11 is 2.32. The van der Waals surface area contributed by atoms with Crippen LogP contribution in [0.25, 0.3) is 10.9 Å². The second-order valence-electron chi connectivity index (χ2n) is 7.63. The van der Waals surface area contributed by atoms with Gasteiger partial charge in [-0.05, 0) is 74.2 Å². The first-order valence-corrected chi connectivity index (χ1v) is 12.8. The van der Waals surface area contributed by atoms with Crippen LogP contribution in [0.4, 0.5) is 4.79 Å². The van der Waals surface area contributed by atoms with E-state index in [1.54, 1.807) is 4.90 Å². The van der Waals surface area contributed by atoms with E-state index in [1.807, 2.05) is 38.3 Å². The van der Waals surface area contributed by atoms with Crippen LogP contribution in [0.1, 0.15) is 39.2 Å². The van der Waals surface area contributed by atoms with Gasteiger partial charge in [-0.25, -0.2) is 9.25 Å². The Labute approximate surface area is 168 Å². The van der Waals surface area contributed by atoms with E-state index in [1.165, 1.54) is 0 Å². The number of ether oxygens (including phenoxy) is 2. The highest BCUT2D eigenvalue weighted by atomic mass is 127. The molecule has 0 saturated carbocycles. The van der Waals surface area contributed by atoms with Crippen LogP contribution in [0, 0.1) is 6.92 Å². The average molecular weight is 489 g/mol. The minimum absolute atomic E-state index is 0.0224. The van der Waals surface area contributed by atoms with Gasteiger partial charge >= 0.3 is 6.09 Å². The highest BCUT2D eigenvalue weighted by molar-refractivity contribution is 14.2. The molecule has 1 aromatic carbocycles.